The third-order valence-electron chi connectivity index (χ3n) is 6.25. The third kappa shape index (κ3) is 4.75. The zero-order chi connectivity index (χ0) is 20.2. The van der Waals surface area contributed by atoms with Crippen LogP contribution in [-0.4, -0.2) is 59.3 Å². The molecule has 6 heteroatoms. The monoisotopic (exact) mass is 457 g/mol. The number of hydrogen-bond donors (Lipinski definition) is 1. The van der Waals surface area contributed by atoms with Crippen molar-refractivity contribution in [3.8, 4) is 0 Å². The minimum atomic E-state index is -0.782. The van der Waals surface area contributed by atoms with E-state index in [1.165, 1.54) is 11.4 Å². The van der Waals surface area contributed by atoms with Crippen molar-refractivity contribution in [1.82, 2.24) is 9.80 Å². The number of para-hydroxylation sites is 1. The van der Waals surface area contributed by atoms with Gasteiger partial charge in [-0.2, -0.15) is 0 Å². The Morgan fingerprint density at radius 2 is 1.45 bits per heavy atom. The predicted molar refractivity (Wildman–Crippen MR) is 120 cm³/mol. The first-order valence-corrected chi connectivity index (χ1v) is 11.2. The number of halogens is 1. The van der Waals surface area contributed by atoms with Gasteiger partial charge < -0.3 is 19.8 Å². The summed E-state index contributed by atoms with van der Waals surface area (Å²) in [5.74, 6) is 0. The molecule has 1 amide bonds. The molecule has 29 heavy (non-hydrogen) atoms. The van der Waals surface area contributed by atoms with Crippen molar-refractivity contribution in [1.29, 1.82) is 0 Å². The molecular formula is C23H28BrN3O2. The Labute approximate surface area is 181 Å². The Hall–Kier alpha value is -2.05. The van der Waals surface area contributed by atoms with E-state index in [4.69, 9.17) is 5.11 Å². The van der Waals surface area contributed by atoms with E-state index in [-0.39, 0.29) is 0 Å². The summed E-state index contributed by atoms with van der Waals surface area (Å²) in [6, 6.07) is 20.2. The van der Waals surface area contributed by atoms with Crippen LogP contribution in [0.3, 0.4) is 0 Å². The second-order valence-electron chi connectivity index (χ2n) is 7.95. The number of carbonyl (C=O) groups is 1. The Morgan fingerprint density at radius 1 is 0.862 bits per heavy atom. The van der Waals surface area contributed by atoms with Crippen molar-refractivity contribution in [3.05, 3.63) is 59.1 Å². The molecular weight excluding hydrogens is 430 g/mol. The highest BCUT2D eigenvalue weighted by atomic mass is 79.9. The van der Waals surface area contributed by atoms with Crippen molar-refractivity contribution >= 4 is 33.4 Å². The molecule has 2 heterocycles. The summed E-state index contributed by atoms with van der Waals surface area (Å²) >= 11 is 3.55. The Morgan fingerprint density at radius 3 is 2.03 bits per heavy atom. The van der Waals surface area contributed by atoms with Crippen molar-refractivity contribution in [2.75, 3.05) is 31.1 Å². The molecule has 2 aliphatic rings. The molecule has 0 radical (unpaired) electrons. The Kier molecular flexibility index (Phi) is 6.40. The molecule has 0 atom stereocenters. The van der Waals surface area contributed by atoms with Crippen LogP contribution < -0.4 is 4.90 Å². The summed E-state index contributed by atoms with van der Waals surface area (Å²) in [7, 11) is 0. The van der Waals surface area contributed by atoms with Crippen LogP contribution in [0.4, 0.5) is 16.2 Å². The minimum absolute atomic E-state index is 0.467. The van der Waals surface area contributed by atoms with E-state index in [1.807, 2.05) is 0 Å². The van der Waals surface area contributed by atoms with E-state index in [1.54, 1.807) is 4.90 Å². The fourth-order valence-corrected chi connectivity index (χ4v) is 4.96. The smallest absolute Gasteiger partial charge is 0.407 e. The van der Waals surface area contributed by atoms with Gasteiger partial charge in [-0.1, -0.05) is 34.1 Å². The summed E-state index contributed by atoms with van der Waals surface area (Å²) in [5, 5.41) is 9.17. The summed E-state index contributed by atoms with van der Waals surface area (Å²) in [6.45, 7) is 3.47. The molecule has 154 valence electrons. The number of amides is 1. The maximum atomic E-state index is 11.1. The van der Waals surface area contributed by atoms with Crippen LogP contribution in [0.5, 0.6) is 0 Å². The van der Waals surface area contributed by atoms with Crippen LogP contribution in [0.1, 0.15) is 25.7 Å². The quantitative estimate of drug-likeness (QED) is 0.685. The van der Waals surface area contributed by atoms with Crippen LogP contribution in [0, 0.1) is 0 Å². The second-order valence-corrected chi connectivity index (χ2v) is 8.87. The average Bonchev–Trinajstić information content (AvgIpc) is 2.77. The molecule has 2 aromatic carbocycles. The molecule has 1 N–H and O–H groups in total. The van der Waals surface area contributed by atoms with Crippen molar-refractivity contribution in [2.45, 2.75) is 37.8 Å². The normalized spacial score (nSPS) is 19.3. The minimum Gasteiger partial charge on any atom is -0.465 e. The summed E-state index contributed by atoms with van der Waals surface area (Å²) < 4.78 is 1.09. The van der Waals surface area contributed by atoms with E-state index >= 15 is 0 Å². The number of rotatable bonds is 4. The average molecular weight is 458 g/mol. The number of nitrogens with zero attached hydrogens (tertiary/aromatic N) is 3. The third-order valence-corrected chi connectivity index (χ3v) is 6.78. The first kappa shape index (κ1) is 20.2. The van der Waals surface area contributed by atoms with Gasteiger partial charge in [-0.05, 0) is 62.1 Å². The van der Waals surface area contributed by atoms with Gasteiger partial charge in [0.2, 0.25) is 0 Å². The zero-order valence-corrected chi connectivity index (χ0v) is 18.2. The molecule has 0 saturated carbocycles. The lowest BCUT2D eigenvalue weighted by Gasteiger charge is -2.44. The molecule has 2 fully saturated rings. The van der Waals surface area contributed by atoms with Gasteiger partial charge in [-0.15, -0.1) is 0 Å². The van der Waals surface area contributed by atoms with Gasteiger partial charge in [-0.3, -0.25) is 0 Å². The van der Waals surface area contributed by atoms with E-state index in [9.17, 15) is 4.79 Å². The molecule has 0 spiro atoms. The maximum Gasteiger partial charge on any atom is 0.407 e. The lowest BCUT2D eigenvalue weighted by atomic mass is 9.96. The standard InChI is InChI=1S/C23H28BrN3O2/c24-18-6-8-21(9-7-18)27(20-4-2-1-3-5-20)22-12-14-25(15-13-22)19-10-16-26(17-11-19)23(28)29/h1-9,19,22H,10-17H2,(H,28,29). The molecule has 2 saturated heterocycles. The van der Waals surface area contributed by atoms with Gasteiger partial charge >= 0.3 is 6.09 Å². The van der Waals surface area contributed by atoms with Gasteiger partial charge in [0.15, 0.2) is 0 Å². The lowest BCUT2D eigenvalue weighted by Crippen LogP contribution is -2.51. The number of likely N-dealkylation sites (tertiary alicyclic amines) is 2. The first-order valence-electron chi connectivity index (χ1n) is 10.4. The summed E-state index contributed by atoms with van der Waals surface area (Å²) in [5.41, 5.74) is 2.47. The summed E-state index contributed by atoms with van der Waals surface area (Å²) in [6.07, 6.45) is 3.35. The highest BCUT2D eigenvalue weighted by Gasteiger charge is 2.31. The fraction of sp³-hybridized carbons (Fsp3) is 0.435. The van der Waals surface area contributed by atoms with E-state index in [0.29, 0.717) is 25.2 Å². The zero-order valence-electron chi connectivity index (χ0n) is 16.6. The van der Waals surface area contributed by atoms with Crippen LogP contribution >= 0.6 is 15.9 Å². The molecule has 0 aliphatic carbocycles. The van der Waals surface area contributed by atoms with E-state index < -0.39 is 6.09 Å². The van der Waals surface area contributed by atoms with Crippen molar-refractivity contribution in [3.63, 3.8) is 0 Å². The van der Waals surface area contributed by atoms with Crippen LogP contribution in [0.15, 0.2) is 59.1 Å². The van der Waals surface area contributed by atoms with Crippen LogP contribution in [0.2, 0.25) is 0 Å². The number of anilines is 2. The topological polar surface area (TPSA) is 47.0 Å². The Balaban J connectivity index is 1.43. The molecule has 2 aliphatic heterocycles. The van der Waals surface area contributed by atoms with Crippen LogP contribution in [0.25, 0.3) is 0 Å². The molecule has 4 rings (SSSR count). The van der Waals surface area contributed by atoms with E-state index in [0.717, 1.165) is 43.2 Å². The number of hydrogen-bond acceptors (Lipinski definition) is 3. The predicted octanol–water partition coefficient (Wildman–Crippen LogP) is 5.19. The molecule has 2 aromatic rings. The largest absolute Gasteiger partial charge is 0.465 e. The van der Waals surface area contributed by atoms with Gasteiger partial charge in [0.1, 0.15) is 0 Å². The van der Waals surface area contributed by atoms with Gasteiger partial charge in [0.05, 0.1) is 0 Å². The van der Waals surface area contributed by atoms with Crippen LogP contribution in [-0.2, 0) is 0 Å². The number of piperidine rings is 2. The van der Waals surface area contributed by atoms with Gasteiger partial charge in [0.25, 0.3) is 0 Å². The van der Waals surface area contributed by atoms with Gasteiger partial charge in [0, 0.05) is 54.1 Å². The number of carboxylic acid groups (broad SMARTS) is 1. The first-order chi connectivity index (χ1) is 14.1. The second kappa shape index (κ2) is 9.18. The maximum absolute atomic E-state index is 11.1. The van der Waals surface area contributed by atoms with E-state index in [2.05, 4.69) is 80.3 Å². The fourth-order valence-electron chi connectivity index (χ4n) is 4.69. The highest BCUT2D eigenvalue weighted by Crippen LogP contribution is 2.33. The number of benzene rings is 2. The molecule has 0 unspecified atom stereocenters. The summed E-state index contributed by atoms with van der Waals surface area (Å²) in [4.78, 5) is 17.8. The molecule has 0 aromatic heterocycles. The molecule has 0 bridgehead atoms. The molecule has 5 nitrogen and oxygen atoms in total. The lowest BCUT2D eigenvalue weighted by molar-refractivity contribution is 0.0816. The van der Waals surface area contributed by atoms with Gasteiger partial charge in [-0.25, -0.2) is 4.79 Å². The SMILES string of the molecule is O=C(O)N1CCC(N2CCC(N(c3ccccc3)c3ccc(Br)cc3)CC2)CC1. The van der Waals surface area contributed by atoms with Crippen molar-refractivity contribution in [2.24, 2.45) is 0 Å². The van der Waals surface area contributed by atoms with Crippen molar-refractivity contribution < 1.29 is 9.90 Å². The highest BCUT2D eigenvalue weighted by molar-refractivity contribution is 9.10. The Bertz CT molecular complexity index is 799.